The van der Waals surface area contributed by atoms with Crippen LogP contribution in [-0.2, 0) is 0 Å². The number of fused-ring (bicyclic) bond motifs is 1. The maximum Gasteiger partial charge on any atom is 0.259 e. The molecule has 0 amide bonds. The molecule has 1 aromatic carbocycles. The summed E-state index contributed by atoms with van der Waals surface area (Å²) in [5, 5.41) is 6.34. The molecule has 3 rings (SSSR count). The summed E-state index contributed by atoms with van der Waals surface area (Å²) in [6.45, 7) is 0. The van der Waals surface area contributed by atoms with Crippen LogP contribution in [0.1, 0.15) is 0 Å². The minimum atomic E-state index is -1.08. The average molecular weight is 248 g/mol. The molecule has 2 N–H and O–H groups in total. The molecule has 0 spiro atoms. The van der Waals surface area contributed by atoms with Crippen molar-refractivity contribution in [2.75, 3.05) is 0 Å². The Hall–Kier alpha value is -2.57. The summed E-state index contributed by atoms with van der Waals surface area (Å²) in [5.41, 5.74) is 0.0319. The SMILES string of the molecule is O=c1[nH]c(-c2ccn[nH]2)nc2cc(F)c(F)cc12. The Morgan fingerprint density at radius 2 is 1.94 bits per heavy atom. The van der Waals surface area contributed by atoms with Crippen LogP contribution in [-0.4, -0.2) is 20.2 Å². The number of halogens is 2. The van der Waals surface area contributed by atoms with E-state index in [1.807, 2.05) is 0 Å². The molecule has 0 aliphatic heterocycles. The lowest BCUT2D eigenvalue weighted by Gasteiger charge is -2.01. The first kappa shape index (κ1) is 10.6. The minimum Gasteiger partial charge on any atom is -0.305 e. The van der Waals surface area contributed by atoms with E-state index in [4.69, 9.17) is 0 Å². The van der Waals surface area contributed by atoms with Gasteiger partial charge in [-0.1, -0.05) is 0 Å². The molecule has 0 saturated carbocycles. The highest BCUT2D eigenvalue weighted by molar-refractivity contribution is 5.79. The lowest BCUT2D eigenvalue weighted by molar-refractivity contribution is 0.510. The number of aromatic nitrogens is 4. The van der Waals surface area contributed by atoms with Crippen LogP contribution in [0.25, 0.3) is 22.4 Å². The molecule has 0 unspecified atom stereocenters. The molecule has 0 radical (unpaired) electrons. The van der Waals surface area contributed by atoms with Crippen LogP contribution in [0, 0.1) is 11.6 Å². The van der Waals surface area contributed by atoms with Gasteiger partial charge in [0, 0.05) is 12.3 Å². The molecule has 0 atom stereocenters. The third-order valence-corrected chi connectivity index (χ3v) is 2.50. The van der Waals surface area contributed by atoms with Crippen LogP contribution in [0.3, 0.4) is 0 Å². The van der Waals surface area contributed by atoms with Gasteiger partial charge in [-0.3, -0.25) is 9.89 Å². The highest BCUT2D eigenvalue weighted by Crippen LogP contribution is 2.16. The number of aromatic amines is 2. The van der Waals surface area contributed by atoms with Gasteiger partial charge in [0.25, 0.3) is 5.56 Å². The Balaban J connectivity index is 2.34. The van der Waals surface area contributed by atoms with Gasteiger partial charge in [-0.05, 0) is 12.1 Å². The van der Waals surface area contributed by atoms with Gasteiger partial charge in [-0.2, -0.15) is 5.10 Å². The van der Waals surface area contributed by atoms with Crippen LogP contribution in [0.15, 0.2) is 29.2 Å². The molecule has 0 fully saturated rings. The number of nitrogens with one attached hydrogen (secondary N) is 2. The second-order valence-electron chi connectivity index (χ2n) is 3.67. The van der Waals surface area contributed by atoms with E-state index in [2.05, 4.69) is 20.2 Å². The van der Waals surface area contributed by atoms with Gasteiger partial charge in [-0.15, -0.1) is 0 Å². The molecule has 0 saturated heterocycles. The van der Waals surface area contributed by atoms with E-state index >= 15 is 0 Å². The molecule has 90 valence electrons. The van der Waals surface area contributed by atoms with Crippen molar-refractivity contribution in [2.45, 2.75) is 0 Å². The van der Waals surface area contributed by atoms with E-state index in [1.54, 1.807) is 6.07 Å². The smallest absolute Gasteiger partial charge is 0.259 e. The lowest BCUT2D eigenvalue weighted by atomic mass is 10.2. The largest absolute Gasteiger partial charge is 0.305 e. The van der Waals surface area contributed by atoms with Gasteiger partial charge in [0.05, 0.1) is 10.9 Å². The van der Waals surface area contributed by atoms with Gasteiger partial charge < -0.3 is 4.98 Å². The molecular formula is C11H6F2N4O. The molecule has 7 heteroatoms. The number of benzene rings is 1. The predicted octanol–water partition coefficient (Wildman–Crippen LogP) is 1.59. The molecule has 5 nitrogen and oxygen atoms in total. The summed E-state index contributed by atoms with van der Waals surface area (Å²) in [6.07, 6.45) is 1.49. The zero-order chi connectivity index (χ0) is 12.7. The van der Waals surface area contributed by atoms with Gasteiger partial charge in [0.1, 0.15) is 5.69 Å². The second-order valence-corrected chi connectivity index (χ2v) is 3.67. The van der Waals surface area contributed by atoms with Crippen molar-refractivity contribution in [3.8, 4) is 11.5 Å². The maximum absolute atomic E-state index is 13.1. The van der Waals surface area contributed by atoms with Crippen molar-refractivity contribution in [3.63, 3.8) is 0 Å². The van der Waals surface area contributed by atoms with Crippen molar-refractivity contribution < 1.29 is 8.78 Å². The number of rotatable bonds is 1. The fourth-order valence-corrected chi connectivity index (χ4v) is 1.65. The first-order chi connectivity index (χ1) is 8.65. The van der Waals surface area contributed by atoms with E-state index in [0.29, 0.717) is 5.69 Å². The van der Waals surface area contributed by atoms with E-state index in [1.165, 1.54) is 6.20 Å². The summed E-state index contributed by atoms with van der Waals surface area (Å²) in [7, 11) is 0. The molecular weight excluding hydrogens is 242 g/mol. The molecule has 0 aliphatic rings. The number of hydrogen-bond acceptors (Lipinski definition) is 3. The van der Waals surface area contributed by atoms with Gasteiger partial charge >= 0.3 is 0 Å². The van der Waals surface area contributed by atoms with Crippen LogP contribution in [0.5, 0.6) is 0 Å². The maximum atomic E-state index is 13.1. The predicted molar refractivity (Wildman–Crippen MR) is 59.9 cm³/mol. The van der Waals surface area contributed by atoms with E-state index < -0.39 is 17.2 Å². The van der Waals surface area contributed by atoms with Crippen molar-refractivity contribution in [3.05, 3.63) is 46.4 Å². The Bertz CT molecular complexity index is 780. The third-order valence-electron chi connectivity index (χ3n) is 2.50. The summed E-state index contributed by atoms with van der Waals surface area (Å²) in [5.74, 6) is -1.91. The highest BCUT2D eigenvalue weighted by atomic mass is 19.2. The molecule has 0 bridgehead atoms. The van der Waals surface area contributed by atoms with Crippen LogP contribution < -0.4 is 5.56 Å². The molecule has 0 aliphatic carbocycles. The van der Waals surface area contributed by atoms with Gasteiger partial charge in [-0.25, -0.2) is 13.8 Å². The van der Waals surface area contributed by atoms with Crippen LogP contribution in [0.4, 0.5) is 8.78 Å². The Morgan fingerprint density at radius 1 is 1.17 bits per heavy atom. The van der Waals surface area contributed by atoms with Gasteiger partial charge in [0.15, 0.2) is 17.5 Å². The van der Waals surface area contributed by atoms with E-state index in [-0.39, 0.29) is 16.7 Å². The van der Waals surface area contributed by atoms with Crippen molar-refractivity contribution in [1.29, 1.82) is 0 Å². The molecule has 18 heavy (non-hydrogen) atoms. The number of hydrogen-bond donors (Lipinski definition) is 2. The Kier molecular flexibility index (Phi) is 2.19. The normalized spacial score (nSPS) is 11.0. The minimum absolute atomic E-state index is 0.00262. The first-order valence-electron chi connectivity index (χ1n) is 5.04. The fourth-order valence-electron chi connectivity index (χ4n) is 1.65. The zero-order valence-electron chi connectivity index (χ0n) is 8.87. The van der Waals surface area contributed by atoms with Crippen molar-refractivity contribution in [1.82, 2.24) is 20.2 Å². The summed E-state index contributed by atoms with van der Waals surface area (Å²) >= 11 is 0. The van der Waals surface area contributed by atoms with E-state index in [0.717, 1.165) is 12.1 Å². The highest BCUT2D eigenvalue weighted by Gasteiger charge is 2.10. The van der Waals surface area contributed by atoms with Crippen LogP contribution >= 0.6 is 0 Å². The van der Waals surface area contributed by atoms with Gasteiger partial charge in [0.2, 0.25) is 0 Å². The average Bonchev–Trinajstić information content (AvgIpc) is 2.85. The lowest BCUT2D eigenvalue weighted by Crippen LogP contribution is -2.10. The standard InChI is InChI=1S/C11H6F2N4O/c12-6-3-5-9(4-7(6)13)15-10(16-11(5)18)8-1-2-14-17-8/h1-4H,(H,14,17)(H,15,16,18). The zero-order valence-corrected chi connectivity index (χ0v) is 8.87. The summed E-state index contributed by atoms with van der Waals surface area (Å²) in [4.78, 5) is 18.3. The van der Waals surface area contributed by atoms with Crippen LogP contribution in [0.2, 0.25) is 0 Å². The number of nitrogens with zero attached hydrogens (tertiary/aromatic N) is 2. The fraction of sp³-hybridized carbons (Fsp3) is 0. The quantitative estimate of drug-likeness (QED) is 0.686. The third kappa shape index (κ3) is 1.56. The number of H-pyrrole nitrogens is 2. The van der Waals surface area contributed by atoms with E-state index in [9.17, 15) is 13.6 Å². The molecule has 3 aromatic rings. The topological polar surface area (TPSA) is 74.4 Å². The molecule has 2 aromatic heterocycles. The Labute approximate surface area is 98.5 Å². The van der Waals surface area contributed by atoms with Crippen molar-refractivity contribution >= 4 is 10.9 Å². The first-order valence-corrected chi connectivity index (χ1v) is 5.04. The summed E-state index contributed by atoms with van der Waals surface area (Å²) < 4.78 is 26.1. The second kappa shape index (κ2) is 3.73. The monoisotopic (exact) mass is 248 g/mol. The Morgan fingerprint density at radius 3 is 2.67 bits per heavy atom. The van der Waals surface area contributed by atoms with Crippen molar-refractivity contribution in [2.24, 2.45) is 0 Å². The molecule has 2 heterocycles. The summed E-state index contributed by atoms with van der Waals surface area (Å²) in [6, 6.07) is 3.32.